The lowest BCUT2D eigenvalue weighted by molar-refractivity contribution is 0.0591. The highest BCUT2D eigenvalue weighted by Gasteiger charge is 2.42. The quantitative estimate of drug-likeness (QED) is 0.230. The smallest absolute Gasteiger partial charge is 0.338 e. The summed E-state index contributed by atoms with van der Waals surface area (Å²) in [4.78, 5) is 23.7. The molecule has 1 aliphatic carbocycles. The average Bonchev–Trinajstić information content (AvgIpc) is 3.66. The highest BCUT2D eigenvalue weighted by molar-refractivity contribution is 5.94. The third-order valence-corrected chi connectivity index (χ3v) is 6.57. The van der Waals surface area contributed by atoms with Crippen LogP contribution >= 0.6 is 0 Å². The van der Waals surface area contributed by atoms with Gasteiger partial charge in [-0.3, -0.25) is 0 Å². The van der Waals surface area contributed by atoms with Crippen LogP contribution in [0, 0.1) is 5.41 Å². The van der Waals surface area contributed by atoms with Gasteiger partial charge >= 0.3 is 11.9 Å². The van der Waals surface area contributed by atoms with Crippen LogP contribution in [0.4, 0.5) is 22.7 Å². The van der Waals surface area contributed by atoms with E-state index in [1.165, 1.54) is 20.3 Å². The van der Waals surface area contributed by atoms with Crippen molar-refractivity contribution >= 4 is 34.7 Å². The van der Waals surface area contributed by atoms with Crippen molar-refractivity contribution in [3.8, 4) is 11.5 Å². The fraction of sp³-hybridized carbons (Fsp3) is 0.385. The molecule has 36 heavy (non-hydrogen) atoms. The number of hydrogen-bond acceptors (Lipinski definition) is 10. The third kappa shape index (κ3) is 5.42. The first kappa shape index (κ1) is 25.0. The molecule has 2 aromatic rings. The van der Waals surface area contributed by atoms with E-state index < -0.39 is 11.9 Å². The van der Waals surface area contributed by atoms with Gasteiger partial charge in [-0.05, 0) is 49.9 Å². The number of esters is 2. The topological polar surface area (TPSA) is 161 Å². The summed E-state index contributed by atoms with van der Waals surface area (Å²) in [5.74, 6) is -0.0237. The molecule has 0 amide bonds. The summed E-state index contributed by atoms with van der Waals surface area (Å²) in [5, 5.41) is 3.40. The largest absolute Gasteiger partial charge is 0.491 e. The molecule has 1 fully saturated rings. The molecule has 1 saturated carbocycles. The number of methoxy groups -OCH3 is 2. The van der Waals surface area contributed by atoms with Gasteiger partial charge in [-0.15, -0.1) is 0 Å². The number of rotatable bonds is 9. The molecule has 4 rings (SSSR count). The second kappa shape index (κ2) is 10.3. The summed E-state index contributed by atoms with van der Waals surface area (Å²) in [7, 11) is 2.63. The second-order valence-corrected chi connectivity index (χ2v) is 9.25. The Hall–Kier alpha value is -4.08. The average molecular weight is 497 g/mol. The van der Waals surface area contributed by atoms with Gasteiger partial charge in [0.2, 0.25) is 0 Å². The van der Waals surface area contributed by atoms with Crippen LogP contribution in [0.25, 0.3) is 0 Å². The van der Waals surface area contributed by atoms with Gasteiger partial charge in [-0.2, -0.15) is 0 Å². The van der Waals surface area contributed by atoms with Crippen LogP contribution in [-0.4, -0.2) is 45.4 Å². The number of nitrogen functional groups attached to an aromatic ring is 3. The number of nitrogens with one attached hydrogen (secondary N) is 1. The number of carbonyl (C=O) groups is 2. The highest BCUT2D eigenvalue weighted by Crippen LogP contribution is 2.50. The number of ether oxygens (including phenoxy) is 4. The van der Waals surface area contributed by atoms with Crippen molar-refractivity contribution in [2.45, 2.75) is 31.7 Å². The van der Waals surface area contributed by atoms with Crippen molar-refractivity contribution in [2.24, 2.45) is 5.41 Å². The maximum Gasteiger partial charge on any atom is 0.338 e. The maximum absolute atomic E-state index is 11.9. The first-order valence-electron chi connectivity index (χ1n) is 11.7. The van der Waals surface area contributed by atoms with Crippen LogP contribution in [0.3, 0.4) is 0 Å². The van der Waals surface area contributed by atoms with Crippen LogP contribution in [-0.2, 0) is 9.47 Å². The lowest BCUT2D eigenvalue weighted by atomic mass is 10.0. The van der Waals surface area contributed by atoms with E-state index in [-0.39, 0.29) is 17.1 Å². The first-order chi connectivity index (χ1) is 17.2. The standard InChI is InChI=1S/C26H32N4O6/c1-33-24(31)15-9-18(27)22(29)20(11-15)36-14-26(7-8-26)6-4-3-5-17-13-35-21-12-16(25(32)34-2)10-19(28)23(21)30-17/h3-4,9-12,17,30H,5-8,13-14,27-29H2,1-2H3/b4-3-/t17-/m0/s1. The molecular formula is C26H32N4O6. The predicted octanol–water partition coefficient (Wildman–Crippen LogP) is 3.37. The first-order valence-corrected chi connectivity index (χ1v) is 11.7. The van der Waals surface area contributed by atoms with Crippen LogP contribution < -0.4 is 32.0 Å². The zero-order valence-electron chi connectivity index (χ0n) is 20.5. The minimum atomic E-state index is -0.496. The van der Waals surface area contributed by atoms with E-state index in [0.717, 1.165) is 25.7 Å². The van der Waals surface area contributed by atoms with Crippen molar-refractivity contribution in [3.05, 3.63) is 47.5 Å². The second-order valence-electron chi connectivity index (χ2n) is 9.25. The lowest BCUT2D eigenvalue weighted by Crippen LogP contribution is -2.31. The Labute approximate surface area is 209 Å². The van der Waals surface area contributed by atoms with Crippen molar-refractivity contribution < 1.29 is 28.5 Å². The minimum absolute atomic E-state index is 0.0385. The van der Waals surface area contributed by atoms with Crippen molar-refractivity contribution in [2.75, 3.05) is 50.0 Å². The van der Waals surface area contributed by atoms with Gasteiger partial charge in [-0.25, -0.2) is 9.59 Å². The van der Waals surface area contributed by atoms with E-state index in [1.54, 1.807) is 18.2 Å². The number of anilines is 4. The van der Waals surface area contributed by atoms with E-state index in [9.17, 15) is 9.59 Å². The van der Waals surface area contributed by atoms with Gasteiger partial charge in [0.1, 0.15) is 23.8 Å². The van der Waals surface area contributed by atoms with E-state index in [4.69, 9.17) is 36.1 Å². The summed E-state index contributed by atoms with van der Waals surface area (Å²) in [6.07, 6.45) is 7.96. The molecule has 0 bridgehead atoms. The molecule has 0 unspecified atom stereocenters. The zero-order valence-corrected chi connectivity index (χ0v) is 20.5. The monoisotopic (exact) mass is 496 g/mol. The molecule has 2 aliphatic rings. The normalized spacial score (nSPS) is 17.4. The van der Waals surface area contributed by atoms with Gasteiger partial charge in [-0.1, -0.05) is 12.2 Å². The summed E-state index contributed by atoms with van der Waals surface area (Å²) in [6.45, 7) is 0.926. The Morgan fingerprint density at radius 3 is 2.36 bits per heavy atom. The maximum atomic E-state index is 11.9. The number of benzene rings is 2. The molecule has 1 aliphatic heterocycles. The molecule has 1 heterocycles. The van der Waals surface area contributed by atoms with E-state index in [0.29, 0.717) is 52.9 Å². The van der Waals surface area contributed by atoms with Crippen molar-refractivity contribution in [1.82, 2.24) is 0 Å². The van der Waals surface area contributed by atoms with E-state index >= 15 is 0 Å². The lowest BCUT2D eigenvalue weighted by Gasteiger charge is -2.28. The molecule has 0 radical (unpaired) electrons. The summed E-state index contributed by atoms with van der Waals surface area (Å²) < 4.78 is 21.4. The Kier molecular flexibility index (Phi) is 7.14. The molecule has 0 aromatic heterocycles. The molecule has 1 atom stereocenters. The van der Waals surface area contributed by atoms with Gasteiger partial charge in [0, 0.05) is 5.41 Å². The van der Waals surface area contributed by atoms with E-state index in [1.807, 2.05) is 0 Å². The number of nitrogens with two attached hydrogens (primary N) is 3. The van der Waals surface area contributed by atoms with Crippen molar-refractivity contribution in [1.29, 1.82) is 0 Å². The minimum Gasteiger partial charge on any atom is -0.491 e. The van der Waals surface area contributed by atoms with E-state index in [2.05, 4.69) is 17.5 Å². The van der Waals surface area contributed by atoms with Gasteiger partial charge in [0.15, 0.2) is 0 Å². The molecule has 7 N–H and O–H groups in total. The zero-order chi connectivity index (χ0) is 25.9. The number of hydrogen-bond donors (Lipinski definition) is 4. The molecule has 192 valence electrons. The summed E-state index contributed by atoms with van der Waals surface area (Å²) >= 11 is 0. The Morgan fingerprint density at radius 2 is 1.69 bits per heavy atom. The fourth-order valence-corrected chi connectivity index (χ4v) is 4.12. The molecule has 0 spiro atoms. The summed E-state index contributed by atoms with van der Waals surface area (Å²) in [6, 6.07) is 6.31. The molecule has 10 nitrogen and oxygen atoms in total. The molecule has 0 saturated heterocycles. The SMILES string of the molecule is COC(=O)c1cc(N)c(N)c(OCC2(C/C=C\C[C@H]3COc4cc(C(=O)OC)cc(N)c4N3)CC2)c1. The number of allylic oxidation sites excluding steroid dienone is 1. The Bertz CT molecular complexity index is 1190. The van der Waals surface area contributed by atoms with Gasteiger partial charge in [0.25, 0.3) is 0 Å². The predicted molar refractivity (Wildman–Crippen MR) is 137 cm³/mol. The highest BCUT2D eigenvalue weighted by atomic mass is 16.5. The van der Waals surface area contributed by atoms with Gasteiger partial charge < -0.3 is 41.5 Å². The van der Waals surface area contributed by atoms with Crippen LogP contribution in [0.2, 0.25) is 0 Å². The summed E-state index contributed by atoms with van der Waals surface area (Å²) in [5.41, 5.74) is 20.5. The molecular weight excluding hydrogens is 464 g/mol. The third-order valence-electron chi connectivity index (χ3n) is 6.57. The fourth-order valence-electron chi connectivity index (χ4n) is 4.12. The molecule has 10 heteroatoms. The molecule has 2 aromatic carbocycles. The van der Waals surface area contributed by atoms with Crippen LogP contribution in [0.1, 0.15) is 46.4 Å². The Balaban J connectivity index is 1.30. The van der Waals surface area contributed by atoms with Crippen LogP contribution in [0.5, 0.6) is 11.5 Å². The Morgan fingerprint density at radius 1 is 1.03 bits per heavy atom. The number of fused-ring (bicyclic) bond motifs is 1. The number of carbonyl (C=O) groups excluding carboxylic acids is 2. The van der Waals surface area contributed by atoms with Crippen molar-refractivity contribution in [3.63, 3.8) is 0 Å². The van der Waals surface area contributed by atoms with Gasteiger partial charge in [0.05, 0.1) is 55.1 Å². The van der Waals surface area contributed by atoms with Crippen LogP contribution in [0.15, 0.2) is 36.4 Å².